The lowest BCUT2D eigenvalue weighted by Crippen LogP contribution is -2.32. The van der Waals surface area contributed by atoms with Gasteiger partial charge in [-0.05, 0) is 43.2 Å². The molecule has 3 heterocycles. The van der Waals surface area contributed by atoms with Crippen molar-refractivity contribution in [3.8, 4) is 11.3 Å². The average Bonchev–Trinajstić information content (AvgIpc) is 3.40. The quantitative estimate of drug-likeness (QED) is 0.692. The number of nitrogens with zero attached hydrogens (tertiary/aromatic N) is 2. The Labute approximate surface area is 168 Å². The lowest BCUT2D eigenvalue weighted by Gasteiger charge is -2.16. The van der Waals surface area contributed by atoms with Crippen molar-refractivity contribution in [1.82, 2.24) is 15.1 Å². The highest BCUT2D eigenvalue weighted by molar-refractivity contribution is 7.14. The molecule has 2 aromatic heterocycles. The number of nitrogens with two attached hydrogens (primary N) is 1. The molecular weight excluding hydrogens is 368 g/mol. The minimum atomic E-state index is -0.178. The summed E-state index contributed by atoms with van der Waals surface area (Å²) in [6.07, 6.45) is 6.60. The normalized spacial score (nSPS) is 16.8. The summed E-state index contributed by atoms with van der Waals surface area (Å²) < 4.78 is 2.14. The molecule has 1 saturated carbocycles. The zero-order valence-electron chi connectivity index (χ0n) is 15.7. The molecule has 0 bridgehead atoms. The fourth-order valence-electron chi connectivity index (χ4n) is 4.07. The molecule has 0 unspecified atom stereocenters. The highest BCUT2D eigenvalue weighted by Crippen LogP contribution is 2.47. The van der Waals surface area contributed by atoms with Crippen molar-refractivity contribution in [3.63, 3.8) is 0 Å². The van der Waals surface area contributed by atoms with E-state index in [0.717, 1.165) is 29.8 Å². The van der Waals surface area contributed by atoms with Crippen LogP contribution in [0.3, 0.4) is 0 Å². The first-order chi connectivity index (χ1) is 13.7. The van der Waals surface area contributed by atoms with E-state index >= 15 is 0 Å². The van der Waals surface area contributed by atoms with Crippen LogP contribution in [0.15, 0.2) is 42.6 Å². The Morgan fingerprint density at radius 1 is 1.32 bits per heavy atom. The van der Waals surface area contributed by atoms with Gasteiger partial charge in [0.15, 0.2) is 0 Å². The van der Waals surface area contributed by atoms with Gasteiger partial charge in [0.25, 0.3) is 5.91 Å². The van der Waals surface area contributed by atoms with E-state index in [-0.39, 0.29) is 11.9 Å². The molecule has 1 aromatic carbocycles. The van der Waals surface area contributed by atoms with E-state index in [1.165, 1.54) is 34.5 Å². The van der Waals surface area contributed by atoms with E-state index in [2.05, 4.69) is 21.2 Å². The SMILES string of the molecule is NC[C@@H](NC(=O)c1cc2c(s1)CCCn1ncc(C3CC3)c1-2)c1ccccc1. The number of thiophene rings is 1. The molecule has 2 aliphatic rings. The van der Waals surface area contributed by atoms with Gasteiger partial charge in [0.05, 0.1) is 22.8 Å². The smallest absolute Gasteiger partial charge is 0.261 e. The summed E-state index contributed by atoms with van der Waals surface area (Å²) in [5.41, 5.74) is 10.8. The van der Waals surface area contributed by atoms with Gasteiger partial charge in [-0.3, -0.25) is 9.48 Å². The molecule has 3 N–H and O–H groups in total. The lowest BCUT2D eigenvalue weighted by atomic mass is 10.0. The summed E-state index contributed by atoms with van der Waals surface area (Å²) in [4.78, 5) is 15.1. The molecule has 1 amide bonds. The summed E-state index contributed by atoms with van der Waals surface area (Å²) >= 11 is 1.62. The van der Waals surface area contributed by atoms with Crippen molar-refractivity contribution in [2.45, 2.75) is 44.2 Å². The van der Waals surface area contributed by atoms with E-state index in [1.807, 2.05) is 36.5 Å². The van der Waals surface area contributed by atoms with Gasteiger partial charge >= 0.3 is 0 Å². The van der Waals surface area contributed by atoms with E-state index in [9.17, 15) is 4.79 Å². The van der Waals surface area contributed by atoms with Gasteiger partial charge in [0.2, 0.25) is 0 Å². The number of aromatic nitrogens is 2. The zero-order chi connectivity index (χ0) is 19.1. The third-order valence-corrected chi connectivity index (χ3v) is 6.88. The van der Waals surface area contributed by atoms with E-state index < -0.39 is 0 Å². The summed E-state index contributed by atoms with van der Waals surface area (Å²) in [5, 5.41) is 7.75. The third kappa shape index (κ3) is 3.16. The molecule has 6 heteroatoms. The van der Waals surface area contributed by atoms with Crippen LogP contribution < -0.4 is 11.1 Å². The first-order valence-corrected chi connectivity index (χ1v) is 10.8. The van der Waals surface area contributed by atoms with Gasteiger partial charge in [-0.1, -0.05) is 30.3 Å². The molecule has 144 valence electrons. The maximum absolute atomic E-state index is 13.0. The third-order valence-electron chi connectivity index (χ3n) is 5.69. The molecule has 0 spiro atoms. The Kier molecular flexibility index (Phi) is 4.53. The fourth-order valence-corrected chi connectivity index (χ4v) is 5.17. The van der Waals surface area contributed by atoms with Crippen LogP contribution >= 0.6 is 11.3 Å². The van der Waals surface area contributed by atoms with Crippen LogP contribution in [0.25, 0.3) is 11.3 Å². The molecule has 0 radical (unpaired) electrons. The molecule has 1 aliphatic carbocycles. The number of rotatable bonds is 5. The van der Waals surface area contributed by atoms with E-state index in [0.29, 0.717) is 12.5 Å². The molecular formula is C22H24N4OS. The molecule has 3 aromatic rings. The van der Waals surface area contributed by atoms with Crippen molar-refractivity contribution in [1.29, 1.82) is 0 Å². The van der Waals surface area contributed by atoms with Gasteiger partial charge in [0, 0.05) is 29.1 Å². The molecule has 28 heavy (non-hydrogen) atoms. The fraction of sp³-hybridized carbons (Fsp3) is 0.364. The Morgan fingerprint density at radius 2 is 2.14 bits per heavy atom. The Morgan fingerprint density at radius 3 is 2.89 bits per heavy atom. The maximum Gasteiger partial charge on any atom is 0.261 e. The highest BCUT2D eigenvalue weighted by Gasteiger charge is 2.32. The molecule has 0 saturated heterocycles. The van der Waals surface area contributed by atoms with E-state index in [4.69, 9.17) is 5.73 Å². The van der Waals surface area contributed by atoms with Crippen molar-refractivity contribution >= 4 is 17.2 Å². The predicted molar refractivity (Wildman–Crippen MR) is 112 cm³/mol. The Bertz CT molecular complexity index is 1000. The minimum Gasteiger partial charge on any atom is -0.343 e. The van der Waals surface area contributed by atoms with Crippen LogP contribution in [0.1, 0.15) is 56.9 Å². The number of amides is 1. The lowest BCUT2D eigenvalue weighted by molar-refractivity contribution is 0.0942. The van der Waals surface area contributed by atoms with Gasteiger partial charge in [-0.15, -0.1) is 11.3 Å². The van der Waals surface area contributed by atoms with Crippen molar-refractivity contribution in [3.05, 3.63) is 63.5 Å². The Hall–Kier alpha value is -2.44. The molecule has 5 nitrogen and oxygen atoms in total. The standard InChI is InChI=1S/C22H24N4OS/c23-12-18(15-5-2-1-3-6-15)25-22(27)20-11-16-19(28-20)7-4-10-26-21(16)17(13-24-26)14-8-9-14/h1-3,5-6,11,13-14,18H,4,7-10,12,23H2,(H,25,27)/t18-/m1/s1. The number of hydrogen-bond acceptors (Lipinski definition) is 4. The summed E-state index contributed by atoms with van der Waals surface area (Å²) in [6, 6.07) is 11.8. The van der Waals surface area contributed by atoms with Crippen LogP contribution in [0.2, 0.25) is 0 Å². The second-order valence-corrected chi connectivity index (χ2v) is 8.81. The number of benzene rings is 1. The molecule has 1 atom stereocenters. The predicted octanol–water partition coefficient (Wildman–Crippen LogP) is 3.87. The minimum absolute atomic E-state index is 0.0450. The van der Waals surface area contributed by atoms with Gasteiger partial charge < -0.3 is 11.1 Å². The molecule has 5 rings (SSSR count). The van der Waals surface area contributed by atoms with Crippen LogP contribution in [-0.4, -0.2) is 22.2 Å². The number of hydrogen-bond donors (Lipinski definition) is 2. The number of carbonyl (C=O) groups is 1. The van der Waals surface area contributed by atoms with Gasteiger partial charge in [0.1, 0.15) is 0 Å². The second kappa shape index (κ2) is 7.18. The number of fused-ring (bicyclic) bond motifs is 3. The van der Waals surface area contributed by atoms with Crippen molar-refractivity contribution in [2.75, 3.05) is 6.54 Å². The van der Waals surface area contributed by atoms with Gasteiger partial charge in [-0.2, -0.15) is 5.10 Å². The second-order valence-electron chi connectivity index (χ2n) is 7.67. The topological polar surface area (TPSA) is 72.9 Å². The van der Waals surface area contributed by atoms with Crippen LogP contribution in [0.5, 0.6) is 0 Å². The molecule has 1 aliphatic heterocycles. The Balaban J connectivity index is 1.45. The van der Waals surface area contributed by atoms with Gasteiger partial charge in [-0.25, -0.2) is 0 Å². The summed E-state index contributed by atoms with van der Waals surface area (Å²) in [7, 11) is 0. The maximum atomic E-state index is 13.0. The average molecular weight is 393 g/mol. The highest BCUT2D eigenvalue weighted by atomic mass is 32.1. The first-order valence-electron chi connectivity index (χ1n) is 9.99. The largest absolute Gasteiger partial charge is 0.343 e. The zero-order valence-corrected chi connectivity index (χ0v) is 16.5. The van der Waals surface area contributed by atoms with E-state index in [1.54, 1.807) is 11.3 Å². The summed E-state index contributed by atoms with van der Waals surface area (Å²) in [6.45, 7) is 1.33. The number of nitrogens with one attached hydrogen (secondary N) is 1. The van der Waals surface area contributed by atoms with Crippen molar-refractivity contribution in [2.24, 2.45) is 5.73 Å². The van der Waals surface area contributed by atoms with Crippen LogP contribution in [0, 0.1) is 0 Å². The first kappa shape index (κ1) is 17.6. The number of aryl methyl sites for hydroxylation is 2. The van der Waals surface area contributed by atoms with Crippen LogP contribution in [-0.2, 0) is 13.0 Å². The number of carbonyl (C=O) groups excluding carboxylic acids is 1. The molecule has 1 fully saturated rings. The monoisotopic (exact) mass is 392 g/mol. The van der Waals surface area contributed by atoms with Crippen LogP contribution in [0.4, 0.5) is 0 Å². The summed E-state index contributed by atoms with van der Waals surface area (Å²) in [5.74, 6) is 0.600. The van der Waals surface area contributed by atoms with Crippen molar-refractivity contribution < 1.29 is 4.79 Å².